The first-order valence-corrected chi connectivity index (χ1v) is 5.30. The number of halogens is 3. The van der Waals surface area contributed by atoms with Gasteiger partial charge in [0.05, 0.1) is 5.56 Å². The zero-order valence-electron chi connectivity index (χ0n) is 8.25. The Kier molecular flexibility index (Phi) is 2.67. The van der Waals surface area contributed by atoms with Gasteiger partial charge in [0, 0.05) is 29.0 Å². The summed E-state index contributed by atoms with van der Waals surface area (Å²) in [7, 11) is 0. The predicted molar refractivity (Wildman–Crippen MR) is 55.1 cm³/mol. The first kappa shape index (κ1) is 11.1. The van der Waals surface area contributed by atoms with Crippen molar-refractivity contribution in [3.63, 3.8) is 0 Å². The molecular weight excluding hydrogens is 237 g/mol. The van der Waals surface area contributed by atoms with Gasteiger partial charge < -0.3 is 0 Å². The summed E-state index contributed by atoms with van der Waals surface area (Å²) in [5.74, 6) is 0. The third kappa shape index (κ3) is 2.06. The molecule has 2 nitrogen and oxygen atoms in total. The summed E-state index contributed by atoms with van der Waals surface area (Å²) < 4.78 is 37.8. The van der Waals surface area contributed by atoms with E-state index in [1.807, 2.05) is 0 Å². The number of nitrogens with zero attached hydrogens (tertiary/aromatic N) is 2. The summed E-state index contributed by atoms with van der Waals surface area (Å²) in [5, 5.41) is 2.25. The highest BCUT2D eigenvalue weighted by atomic mass is 32.1. The molecule has 84 valence electrons. The summed E-state index contributed by atoms with van der Waals surface area (Å²) in [6, 6.07) is 1.08. The number of hydrogen-bond acceptors (Lipinski definition) is 3. The number of thiazole rings is 1. The molecular formula is C10H7F3N2S. The van der Waals surface area contributed by atoms with Gasteiger partial charge in [-0.3, -0.25) is 4.98 Å². The van der Waals surface area contributed by atoms with E-state index in [1.165, 1.54) is 24.5 Å². The molecule has 0 N–H and O–H groups in total. The van der Waals surface area contributed by atoms with E-state index in [0.29, 0.717) is 10.6 Å². The summed E-state index contributed by atoms with van der Waals surface area (Å²) >= 11 is 1.28. The maximum Gasteiger partial charge on any atom is 0.418 e. The van der Waals surface area contributed by atoms with Crippen LogP contribution >= 0.6 is 11.3 Å². The van der Waals surface area contributed by atoms with E-state index >= 15 is 0 Å². The van der Waals surface area contributed by atoms with Crippen LogP contribution in [-0.4, -0.2) is 9.97 Å². The molecule has 0 unspecified atom stereocenters. The Bertz CT molecular complexity index is 491. The Hall–Kier alpha value is -1.43. The lowest BCUT2D eigenvalue weighted by atomic mass is 10.1. The van der Waals surface area contributed by atoms with Crippen molar-refractivity contribution in [1.29, 1.82) is 0 Å². The van der Waals surface area contributed by atoms with Crippen LogP contribution in [0.4, 0.5) is 13.2 Å². The quantitative estimate of drug-likeness (QED) is 0.766. The van der Waals surface area contributed by atoms with Gasteiger partial charge in [-0.15, -0.1) is 11.3 Å². The molecule has 0 bridgehead atoms. The Morgan fingerprint density at radius 2 is 2.00 bits per heavy atom. The molecule has 0 amide bonds. The Balaban J connectivity index is 2.52. The molecule has 0 saturated carbocycles. The number of aromatic nitrogens is 2. The van der Waals surface area contributed by atoms with Crippen molar-refractivity contribution in [3.8, 4) is 10.6 Å². The molecule has 0 aliphatic carbocycles. The third-order valence-electron chi connectivity index (χ3n) is 2.07. The summed E-state index contributed by atoms with van der Waals surface area (Å²) in [6.07, 6.45) is -1.42. The SMILES string of the molecule is Cc1ncc(-c2nccs2)cc1C(F)(F)F. The summed E-state index contributed by atoms with van der Waals surface area (Å²) in [5.41, 5.74) is -0.332. The maximum atomic E-state index is 12.6. The lowest BCUT2D eigenvalue weighted by molar-refractivity contribution is -0.138. The molecule has 0 aliphatic heterocycles. The van der Waals surface area contributed by atoms with E-state index < -0.39 is 11.7 Å². The zero-order chi connectivity index (χ0) is 11.8. The minimum Gasteiger partial charge on any atom is -0.260 e. The van der Waals surface area contributed by atoms with Gasteiger partial charge in [-0.1, -0.05) is 0 Å². The van der Waals surface area contributed by atoms with Gasteiger partial charge in [0.25, 0.3) is 0 Å². The number of hydrogen-bond donors (Lipinski definition) is 0. The largest absolute Gasteiger partial charge is 0.418 e. The zero-order valence-corrected chi connectivity index (χ0v) is 9.06. The Morgan fingerprint density at radius 3 is 2.56 bits per heavy atom. The first-order chi connectivity index (χ1) is 7.48. The second kappa shape index (κ2) is 3.86. The first-order valence-electron chi connectivity index (χ1n) is 4.42. The summed E-state index contributed by atoms with van der Waals surface area (Å²) in [4.78, 5) is 7.70. The van der Waals surface area contributed by atoms with Gasteiger partial charge in [0.15, 0.2) is 0 Å². The van der Waals surface area contributed by atoms with Gasteiger partial charge in [0.2, 0.25) is 0 Å². The van der Waals surface area contributed by atoms with Crippen molar-refractivity contribution < 1.29 is 13.2 Å². The van der Waals surface area contributed by atoms with E-state index in [-0.39, 0.29) is 5.69 Å². The lowest BCUT2D eigenvalue weighted by Crippen LogP contribution is -2.08. The fourth-order valence-electron chi connectivity index (χ4n) is 1.30. The van der Waals surface area contributed by atoms with Crippen molar-refractivity contribution in [2.24, 2.45) is 0 Å². The number of rotatable bonds is 1. The average molecular weight is 244 g/mol. The van der Waals surface area contributed by atoms with Crippen molar-refractivity contribution in [1.82, 2.24) is 9.97 Å². The standard InChI is InChI=1S/C10H7F3N2S/c1-6-8(10(11,12)13)4-7(5-15-6)9-14-2-3-16-9/h2-5H,1H3. The van der Waals surface area contributed by atoms with E-state index in [9.17, 15) is 13.2 Å². The van der Waals surface area contributed by atoms with Crippen molar-refractivity contribution >= 4 is 11.3 Å². The number of aryl methyl sites for hydroxylation is 1. The fraction of sp³-hybridized carbons (Fsp3) is 0.200. The lowest BCUT2D eigenvalue weighted by Gasteiger charge is -2.10. The predicted octanol–water partition coefficient (Wildman–Crippen LogP) is 3.53. The van der Waals surface area contributed by atoms with Crippen LogP contribution in [0.2, 0.25) is 0 Å². The monoisotopic (exact) mass is 244 g/mol. The van der Waals surface area contributed by atoms with Crippen LogP contribution in [-0.2, 0) is 6.18 Å². The second-order valence-electron chi connectivity index (χ2n) is 3.19. The van der Waals surface area contributed by atoms with Crippen LogP contribution < -0.4 is 0 Å². The third-order valence-corrected chi connectivity index (χ3v) is 2.89. The van der Waals surface area contributed by atoms with Gasteiger partial charge >= 0.3 is 6.18 Å². The van der Waals surface area contributed by atoms with Crippen LogP contribution in [0.25, 0.3) is 10.6 Å². The van der Waals surface area contributed by atoms with E-state index in [4.69, 9.17) is 0 Å². The fourth-order valence-corrected chi connectivity index (χ4v) is 1.92. The molecule has 0 aromatic carbocycles. The highest BCUT2D eigenvalue weighted by Crippen LogP contribution is 2.33. The molecule has 16 heavy (non-hydrogen) atoms. The molecule has 0 saturated heterocycles. The molecule has 0 atom stereocenters. The topological polar surface area (TPSA) is 25.8 Å². The van der Waals surface area contributed by atoms with Gasteiger partial charge in [0.1, 0.15) is 5.01 Å². The Labute approximate surface area is 93.8 Å². The van der Waals surface area contributed by atoms with Gasteiger partial charge in [-0.2, -0.15) is 13.2 Å². The number of alkyl halides is 3. The minimum atomic E-state index is -4.37. The highest BCUT2D eigenvalue weighted by Gasteiger charge is 2.33. The van der Waals surface area contributed by atoms with Gasteiger partial charge in [-0.25, -0.2) is 4.98 Å². The van der Waals surface area contributed by atoms with Crippen LogP contribution in [0.5, 0.6) is 0 Å². The Morgan fingerprint density at radius 1 is 1.25 bits per heavy atom. The van der Waals surface area contributed by atoms with E-state index in [2.05, 4.69) is 9.97 Å². The van der Waals surface area contributed by atoms with Crippen LogP contribution in [0.1, 0.15) is 11.3 Å². The minimum absolute atomic E-state index is 0.0205. The molecule has 2 heterocycles. The number of pyridine rings is 1. The van der Waals surface area contributed by atoms with Gasteiger partial charge in [-0.05, 0) is 13.0 Å². The van der Waals surface area contributed by atoms with E-state index in [1.54, 1.807) is 11.6 Å². The molecule has 0 fully saturated rings. The smallest absolute Gasteiger partial charge is 0.260 e. The van der Waals surface area contributed by atoms with Crippen LogP contribution in [0.3, 0.4) is 0 Å². The summed E-state index contributed by atoms with van der Waals surface area (Å²) in [6.45, 7) is 1.34. The molecule has 0 radical (unpaired) electrons. The molecule has 0 aliphatic rings. The van der Waals surface area contributed by atoms with Crippen molar-refractivity contribution in [2.75, 3.05) is 0 Å². The molecule has 0 spiro atoms. The van der Waals surface area contributed by atoms with Crippen LogP contribution in [0.15, 0.2) is 23.8 Å². The van der Waals surface area contributed by atoms with Crippen molar-refractivity contribution in [2.45, 2.75) is 13.1 Å². The van der Waals surface area contributed by atoms with Crippen LogP contribution in [0, 0.1) is 6.92 Å². The second-order valence-corrected chi connectivity index (χ2v) is 4.09. The van der Waals surface area contributed by atoms with Crippen molar-refractivity contribution in [3.05, 3.63) is 35.1 Å². The molecule has 6 heteroatoms. The maximum absolute atomic E-state index is 12.6. The molecule has 2 aromatic heterocycles. The molecule has 2 rings (SSSR count). The highest BCUT2D eigenvalue weighted by molar-refractivity contribution is 7.13. The molecule has 2 aromatic rings. The normalized spacial score (nSPS) is 11.8. The average Bonchev–Trinajstić information content (AvgIpc) is 2.69. The van der Waals surface area contributed by atoms with E-state index in [0.717, 1.165) is 6.07 Å².